The first-order chi connectivity index (χ1) is 8.13. The molecule has 1 aliphatic rings. The van der Waals surface area contributed by atoms with Crippen LogP contribution >= 0.6 is 0 Å². The van der Waals surface area contributed by atoms with Gasteiger partial charge in [-0.3, -0.25) is 5.32 Å². The molecule has 1 fully saturated rings. The molecule has 17 heavy (non-hydrogen) atoms. The van der Waals surface area contributed by atoms with E-state index < -0.39 is 0 Å². The lowest BCUT2D eigenvalue weighted by atomic mass is 9.93. The van der Waals surface area contributed by atoms with E-state index in [1.807, 2.05) is 0 Å². The van der Waals surface area contributed by atoms with Crippen LogP contribution in [-0.2, 0) is 0 Å². The molecule has 0 atom stereocenters. The summed E-state index contributed by atoms with van der Waals surface area (Å²) in [6.45, 7) is 1.76. The highest BCUT2D eigenvalue weighted by atomic mass is 16.5. The molecule has 0 aliphatic heterocycles. The highest BCUT2D eigenvalue weighted by Crippen LogP contribution is 2.18. The van der Waals surface area contributed by atoms with Crippen LogP contribution in [-0.4, -0.2) is 28.4 Å². The fourth-order valence-corrected chi connectivity index (χ4v) is 1.98. The topological polar surface area (TPSA) is 87.4 Å². The van der Waals surface area contributed by atoms with Crippen LogP contribution < -0.4 is 10.6 Å². The number of carbonyl (C=O) groups excluding carboxylic acids is 1. The number of nitrogens with one attached hydrogen (secondary N) is 2. The zero-order valence-corrected chi connectivity index (χ0v) is 9.77. The summed E-state index contributed by atoms with van der Waals surface area (Å²) in [5, 5.41) is 18.5. The van der Waals surface area contributed by atoms with Crippen LogP contribution in [0.2, 0.25) is 0 Å². The maximum absolute atomic E-state index is 11.6. The Morgan fingerprint density at radius 1 is 1.47 bits per heavy atom. The van der Waals surface area contributed by atoms with E-state index in [1.165, 1.54) is 0 Å². The predicted octanol–water partition coefficient (Wildman–Crippen LogP) is 1.41. The third kappa shape index (κ3) is 3.45. The number of anilines is 1. The van der Waals surface area contributed by atoms with Gasteiger partial charge in [-0.1, -0.05) is 5.16 Å². The highest BCUT2D eigenvalue weighted by Gasteiger charge is 2.20. The van der Waals surface area contributed by atoms with Gasteiger partial charge in [0, 0.05) is 12.1 Å². The molecule has 2 rings (SSSR count). The largest absolute Gasteiger partial charge is 0.393 e. The zero-order chi connectivity index (χ0) is 12.3. The number of amides is 2. The number of aliphatic hydroxyl groups excluding tert-OH is 1. The summed E-state index contributed by atoms with van der Waals surface area (Å²) < 4.78 is 4.84. The normalized spacial score (nSPS) is 24.4. The van der Waals surface area contributed by atoms with Crippen molar-refractivity contribution < 1.29 is 14.4 Å². The molecule has 1 saturated carbocycles. The molecular formula is C11H17N3O3. The molecule has 1 aromatic heterocycles. The van der Waals surface area contributed by atoms with Crippen molar-refractivity contribution in [3.05, 3.63) is 11.8 Å². The number of urea groups is 1. The van der Waals surface area contributed by atoms with E-state index in [4.69, 9.17) is 4.52 Å². The van der Waals surface area contributed by atoms with Gasteiger partial charge in [-0.05, 0) is 32.6 Å². The Bertz CT molecular complexity index is 383. The average Bonchev–Trinajstić information content (AvgIpc) is 2.67. The van der Waals surface area contributed by atoms with Gasteiger partial charge in [0.1, 0.15) is 5.76 Å². The molecule has 0 radical (unpaired) electrons. The molecule has 1 aliphatic carbocycles. The molecule has 2 amide bonds. The maximum atomic E-state index is 11.6. The molecule has 94 valence electrons. The van der Waals surface area contributed by atoms with Crippen molar-refractivity contribution in [1.29, 1.82) is 0 Å². The van der Waals surface area contributed by atoms with Crippen LogP contribution in [0.5, 0.6) is 0 Å². The number of hydrogen-bond acceptors (Lipinski definition) is 4. The molecule has 0 aromatic carbocycles. The Morgan fingerprint density at radius 2 is 2.18 bits per heavy atom. The zero-order valence-electron chi connectivity index (χ0n) is 9.77. The summed E-state index contributed by atoms with van der Waals surface area (Å²) in [4.78, 5) is 11.6. The van der Waals surface area contributed by atoms with Crippen LogP contribution in [0.3, 0.4) is 0 Å². The summed E-state index contributed by atoms with van der Waals surface area (Å²) in [7, 11) is 0. The van der Waals surface area contributed by atoms with E-state index in [-0.39, 0.29) is 18.2 Å². The Kier molecular flexibility index (Phi) is 3.63. The first kappa shape index (κ1) is 11.9. The van der Waals surface area contributed by atoms with Crippen LogP contribution in [0.25, 0.3) is 0 Å². The van der Waals surface area contributed by atoms with Gasteiger partial charge < -0.3 is 14.9 Å². The summed E-state index contributed by atoms with van der Waals surface area (Å²) in [5.41, 5.74) is 0. The Morgan fingerprint density at radius 3 is 2.76 bits per heavy atom. The minimum Gasteiger partial charge on any atom is -0.393 e. The smallest absolute Gasteiger partial charge is 0.320 e. The SMILES string of the molecule is Cc1cc(NC(=O)NC2CCC(O)CC2)no1. The number of aliphatic hydroxyl groups is 1. The average molecular weight is 239 g/mol. The van der Waals surface area contributed by atoms with Gasteiger partial charge in [-0.25, -0.2) is 4.79 Å². The molecule has 0 saturated heterocycles. The van der Waals surface area contributed by atoms with Crippen LogP contribution in [0.4, 0.5) is 10.6 Å². The lowest BCUT2D eigenvalue weighted by molar-refractivity contribution is 0.118. The molecule has 0 bridgehead atoms. The number of aromatic nitrogens is 1. The number of aryl methyl sites for hydroxylation is 1. The van der Waals surface area contributed by atoms with Crippen molar-refractivity contribution in [2.45, 2.75) is 44.8 Å². The fraction of sp³-hybridized carbons (Fsp3) is 0.636. The van der Waals surface area contributed by atoms with Crippen molar-refractivity contribution in [3.8, 4) is 0 Å². The van der Waals surface area contributed by atoms with E-state index in [9.17, 15) is 9.90 Å². The monoisotopic (exact) mass is 239 g/mol. The first-order valence-corrected chi connectivity index (χ1v) is 5.82. The van der Waals surface area contributed by atoms with Crippen molar-refractivity contribution in [1.82, 2.24) is 10.5 Å². The molecule has 3 N–H and O–H groups in total. The Labute approximate surface area is 99.4 Å². The van der Waals surface area contributed by atoms with Crippen LogP contribution in [0.15, 0.2) is 10.6 Å². The van der Waals surface area contributed by atoms with Gasteiger partial charge in [0.15, 0.2) is 5.82 Å². The van der Waals surface area contributed by atoms with Gasteiger partial charge in [0.2, 0.25) is 0 Å². The van der Waals surface area contributed by atoms with Gasteiger partial charge >= 0.3 is 6.03 Å². The molecule has 1 aromatic rings. The summed E-state index contributed by atoms with van der Waals surface area (Å²) in [6, 6.07) is 1.51. The molecule has 1 heterocycles. The second-order valence-electron chi connectivity index (χ2n) is 4.43. The number of carbonyl (C=O) groups is 1. The second-order valence-corrected chi connectivity index (χ2v) is 4.43. The summed E-state index contributed by atoms with van der Waals surface area (Å²) in [5.74, 6) is 1.07. The van der Waals surface area contributed by atoms with Gasteiger partial charge in [-0.2, -0.15) is 0 Å². The van der Waals surface area contributed by atoms with E-state index in [1.54, 1.807) is 13.0 Å². The van der Waals surface area contributed by atoms with E-state index >= 15 is 0 Å². The van der Waals surface area contributed by atoms with Crippen molar-refractivity contribution in [3.63, 3.8) is 0 Å². The highest BCUT2D eigenvalue weighted by molar-refractivity contribution is 5.88. The van der Waals surface area contributed by atoms with Crippen LogP contribution in [0.1, 0.15) is 31.4 Å². The minimum absolute atomic E-state index is 0.131. The maximum Gasteiger partial charge on any atom is 0.320 e. The Hall–Kier alpha value is -1.56. The van der Waals surface area contributed by atoms with E-state index in [0.29, 0.717) is 11.6 Å². The second kappa shape index (κ2) is 5.18. The quantitative estimate of drug-likeness (QED) is 0.728. The lowest BCUT2D eigenvalue weighted by Gasteiger charge is -2.25. The molecule has 0 unspecified atom stereocenters. The third-order valence-corrected chi connectivity index (χ3v) is 2.90. The van der Waals surface area contributed by atoms with E-state index in [0.717, 1.165) is 25.7 Å². The number of hydrogen-bond donors (Lipinski definition) is 3. The molecular weight excluding hydrogens is 222 g/mol. The minimum atomic E-state index is -0.278. The number of rotatable bonds is 2. The molecule has 6 heteroatoms. The van der Waals surface area contributed by atoms with E-state index in [2.05, 4.69) is 15.8 Å². The summed E-state index contributed by atoms with van der Waals surface area (Å²) in [6.07, 6.45) is 2.90. The first-order valence-electron chi connectivity index (χ1n) is 5.82. The fourth-order valence-electron chi connectivity index (χ4n) is 1.98. The van der Waals surface area contributed by atoms with Crippen LogP contribution in [0, 0.1) is 6.92 Å². The van der Waals surface area contributed by atoms with Gasteiger partial charge in [0.25, 0.3) is 0 Å². The van der Waals surface area contributed by atoms with Gasteiger partial charge in [-0.15, -0.1) is 0 Å². The van der Waals surface area contributed by atoms with Crippen molar-refractivity contribution >= 4 is 11.8 Å². The van der Waals surface area contributed by atoms with Crippen molar-refractivity contribution in [2.75, 3.05) is 5.32 Å². The molecule has 6 nitrogen and oxygen atoms in total. The Balaban J connectivity index is 1.77. The third-order valence-electron chi connectivity index (χ3n) is 2.90. The molecule has 0 spiro atoms. The number of nitrogens with zero attached hydrogens (tertiary/aromatic N) is 1. The van der Waals surface area contributed by atoms with Crippen molar-refractivity contribution in [2.24, 2.45) is 0 Å². The van der Waals surface area contributed by atoms with Gasteiger partial charge in [0.05, 0.1) is 6.10 Å². The summed E-state index contributed by atoms with van der Waals surface area (Å²) >= 11 is 0. The lowest BCUT2D eigenvalue weighted by Crippen LogP contribution is -2.40. The standard InChI is InChI=1S/C11H17N3O3/c1-7-6-10(14-17-7)13-11(16)12-8-2-4-9(15)5-3-8/h6,8-9,15H,2-5H2,1H3,(H2,12,13,14,16). The predicted molar refractivity (Wildman–Crippen MR) is 61.7 cm³/mol.